The fourth-order valence-corrected chi connectivity index (χ4v) is 2.00. The summed E-state index contributed by atoms with van der Waals surface area (Å²) in [5.74, 6) is 0.340. The van der Waals surface area contributed by atoms with Crippen molar-refractivity contribution in [2.75, 3.05) is 5.73 Å². The summed E-state index contributed by atoms with van der Waals surface area (Å²) in [6.07, 6.45) is 0.917. The monoisotopic (exact) mass is 284 g/mol. The van der Waals surface area contributed by atoms with E-state index in [1.54, 1.807) is 0 Å². The van der Waals surface area contributed by atoms with Crippen molar-refractivity contribution in [3.8, 4) is 5.75 Å². The first-order valence-electron chi connectivity index (χ1n) is 6.89. The molecule has 0 saturated carbocycles. The number of aryl methyl sites for hydroxylation is 2. The number of hydrogen-bond donors (Lipinski definition) is 2. The van der Waals surface area contributed by atoms with Gasteiger partial charge in [0.2, 0.25) is 5.91 Å². The summed E-state index contributed by atoms with van der Waals surface area (Å²) in [5, 5.41) is 0. The Morgan fingerprint density at radius 3 is 2.38 bits per heavy atom. The summed E-state index contributed by atoms with van der Waals surface area (Å²) in [6, 6.07) is 13.7. The number of carbonyl (C=O) groups excluding carboxylic acids is 1. The maximum absolute atomic E-state index is 10.8. The summed E-state index contributed by atoms with van der Waals surface area (Å²) in [4.78, 5) is 10.8. The molecule has 0 fully saturated rings. The number of nitrogen functional groups attached to an aromatic ring is 1. The molecule has 2 rings (SSSR count). The second-order valence-electron chi connectivity index (χ2n) is 5.11. The quantitative estimate of drug-likeness (QED) is 0.800. The van der Waals surface area contributed by atoms with Crippen molar-refractivity contribution in [2.24, 2.45) is 5.73 Å². The fourth-order valence-electron chi connectivity index (χ4n) is 2.00. The van der Waals surface area contributed by atoms with E-state index in [2.05, 4.69) is 12.1 Å². The van der Waals surface area contributed by atoms with Crippen LogP contribution in [-0.2, 0) is 17.8 Å². The molecule has 0 aliphatic heterocycles. The van der Waals surface area contributed by atoms with Crippen molar-refractivity contribution < 1.29 is 9.53 Å². The SMILES string of the molecule is Cc1ccc(COc2ccc(CCC(N)=O)cc2N)cc1. The number of amides is 1. The number of carbonyl (C=O) groups is 1. The van der Waals surface area contributed by atoms with Crippen LogP contribution in [0.3, 0.4) is 0 Å². The summed E-state index contributed by atoms with van der Waals surface area (Å²) < 4.78 is 5.73. The minimum atomic E-state index is -0.312. The smallest absolute Gasteiger partial charge is 0.217 e. The molecule has 21 heavy (non-hydrogen) atoms. The molecular weight excluding hydrogens is 264 g/mol. The summed E-state index contributed by atoms with van der Waals surface area (Å²) in [6.45, 7) is 2.53. The van der Waals surface area contributed by atoms with Gasteiger partial charge in [-0.3, -0.25) is 4.79 Å². The van der Waals surface area contributed by atoms with Crippen molar-refractivity contribution in [1.29, 1.82) is 0 Å². The molecule has 2 aromatic rings. The molecule has 0 saturated heterocycles. The van der Waals surface area contributed by atoms with E-state index in [-0.39, 0.29) is 5.91 Å². The van der Waals surface area contributed by atoms with Gasteiger partial charge in [-0.2, -0.15) is 0 Å². The van der Waals surface area contributed by atoms with Gasteiger partial charge in [-0.1, -0.05) is 35.9 Å². The van der Waals surface area contributed by atoms with Gasteiger partial charge in [-0.15, -0.1) is 0 Å². The van der Waals surface area contributed by atoms with E-state index in [4.69, 9.17) is 16.2 Å². The van der Waals surface area contributed by atoms with E-state index in [9.17, 15) is 4.79 Å². The normalized spacial score (nSPS) is 10.3. The second kappa shape index (κ2) is 6.79. The lowest BCUT2D eigenvalue weighted by molar-refractivity contribution is -0.117. The highest BCUT2D eigenvalue weighted by atomic mass is 16.5. The molecule has 2 aromatic carbocycles. The minimum Gasteiger partial charge on any atom is -0.487 e. The zero-order chi connectivity index (χ0) is 15.2. The van der Waals surface area contributed by atoms with E-state index < -0.39 is 0 Å². The minimum absolute atomic E-state index is 0.312. The summed E-state index contributed by atoms with van der Waals surface area (Å²) in [5.41, 5.74) is 15.0. The second-order valence-corrected chi connectivity index (χ2v) is 5.11. The van der Waals surface area contributed by atoms with Crippen LogP contribution < -0.4 is 16.2 Å². The van der Waals surface area contributed by atoms with Gasteiger partial charge < -0.3 is 16.2 Å². The third kappa shape index (κ3) is 4.53. The fraction of sp³-hybridized carbons (Fsp3) is 0.235. The van der Waals surface area contributed by atoms with Crippen molar-refractivity contribution in [3.05, 3.63) is 59.2 Å². The Labute approximate surface area is 124 Å². The molecule has 0 atom stereocenters. The first-order chi connectivity index (χ1) is 10.0. The number of rotatable bonds is 6. The maximum Gasteiger partial charge on any atom is 0.217 e. The van der Waals surface area contributed by atoms with E-state index in [1.807, 2.05) is 37.3 Å². The molecule has 0 bridgehead atoms. The summed E-state index contributed by atoms with van der Waals surface area (Å²) >= 11 is 0. The Hall–Kier alpha value is -2.49. The Balaban J connectivity index is 1.97. The van der Waals surface area contributed by atoms with Crippen LogP contribution in [0.5, 0.6) is 5.75 Å². The number of hydrogen-bond acceptors (Lipinski definition) is 3. The van der Waals surface area contributed by atoms with Crippen LogP contribution in [0.25, 0.3) is 0 Å². The van der Waals surface area contributed by atoms with Crippen molar-refractivity contribution >= 4 is 11.6 Å². The van der Waals surface area contributed by atoms with Crippen molar-refractivity contribution in [2.45, 2.75) is 26.4 Å². The van der Waals surface area contributed by atoms with Crippen LogP contribution in [0.15, 0.2) is 42.5 Å². The lowest BCUT2D eigenvalue weighted by Crippen LogP contribution is -2.11. The number of primary amides is 1. The highest BCUT2D eigenvalue weighted by Gasteiger charge is 2.04. The average molecular weight is 284 g/mol. The van der Waals surface area contributed by atoms with Gasteiger partial charge in [0.05, 0.1) is 5.69 Å². The van der Waals surface area contributed by atoms with Gasteiger partial charge in [0, 0.05) is 6.42 Å². The molecule has 0 aromatic heterocycles. The van der Waals surface area contributed by atoms with Crippen LogP contribution in [-0.4, -0.2) is 5.91 Å². The van der Waals surface area contributed by atoms with E-state index in [0.717, 1.165) is 11.1 Å². The van der Waals surface area contributed by atoms with Crippen LogP contribution in [0, 0.1) is 6.92 Å². The van der Waals surface area contributed by atoms with Gasteiger partial charge in [-0.05, 0) is 36.6 Å². The van der Waals surface area contributed by atoms with Gasteiger partial charge in [0.25, 0.3) is 0 Å². The first-order valence-corrected chi connectivity index (χ1v) is 6.89. The number of benzene rings is 2. The summed E-state index contributed by atoms with van der Waals surface area (Å²) in [7, 11) is 0. The Morgan fingerprint density at radius 1 is 1.10 bits per heavy atom. The molecule has 1 amide bonds. The Morgan fingerprint density at radius 2 is 1.76 bits per heavy atom. The molecule has 0 heterocycles. The first kappa shape index (κ1) is 14.9. The highest BCUT2D eigenvalue weighted by Crippen LogP contribution is 2.24. The van der Waals surface area contributed by atoms with Gasteiger partial charge in [0.15, 0.2) is 0 Å². The third-order valence-electron chi connectivity index (χ3n) is 3.25. The predicted molar refractivity (Wildman–Crippen MR) is 83.9 cm³/mol. The zero-order valence-corrected chi connectivity index (χ0v) is 12.1. The number of nitrogens with two attached hydrogens (primary N) is 2. The molecule has 4 N–H and O–H groups in total. The molecule has 0 radical (unpaired) electrons. The molecule has 0 aliphatic carbocycles. The van der Waals surface area contributed by atoms with Gasteiger partial charge in [0.1, 0.15) is 12.4 Å². The molecule has 0 aliphatic rings. The highest BCUT2D eigenvalue weighted by molar-refractivity contribution is 5.74. The van der Waals surface area contributed by atoms with E-state index in [0.29, 0.717) is 30.9 Å². The van der Waals surface area contributed by atoms with E-state index >= 15 is 0 Å². The number of ether oxygens (including phenoxy) is 1. The van der Waals surface area contributed by atoms with Crippen LogP contribution in [0.2, 0.25) is 0 Å². The molecule has 4 heteroatoms. The zero-order valence-electron chi connectivity index (χ0n) is 12.1. The van der Waals surface area contributed by atoms with Crippen LogP contribution in [0.4, 0.5) is 5.69 Å². The Bertz CT molecular complexity index is 621. The van der Waals surface area contributed by atoms with Crippen molar-refractivity contribution in [3.63, 3.8) is 0 Å². The van der Waals surface area contributed by atoms with Crippen LogP contribution in [0.1, 0.15) is 23.1 Å². The topological polar surface area (TPSA) is 78.3 Å². The molecule has 4 nitrogen and oxygen atoms in total. The molecule has 0 unspecified atom stereocenters. The number of anilines is 1. The van der Waals surface area contributed by atoms with Crippen LogP contribution >= 0.6 is 0 Å². The maximum atomic E-state index is 10.8. The Kier molecular flexibility index (Phi) is 4.82. The predicted octanol–water partition coefficient (Wildman–Crippen LogP) is 2.57. The lowest BCUT2D eigenvalue weighted by atomic mass is 10.1. The molecule has 110 valence electrons. The molecule has 0 spiro atoms. The largest absolute Gasteiger partial charge is 0.487 e. The van der Waals surface area contributed by atoms with Gasteiger partial charge >= 0.3 is 0 Å². The third-order valence-corrected chi connectivity index (χ3v) is 3.25. The lowest BCUT2D eigenvalue weighted by Gasteiger charge is -2.10. The van der Waals surface area contributed by atoms with E-state index in [1.165, 1.54) is 5.56 Å². The standard InChI is InChI=1S/C17H20N2O2/c1-12-2-4-14(5-3-12)11-21-16-8-6-13(10-15(16)18)7-9-17(19)20/h2-6,8,10H,7,9,11,18H2,1H3,(H2,19,20). The average Bonchev–Trinajstić information content (AvgIpc) is 2.46. The molecular formula is C17H20N2O2. The van der Waals surface area contributed by atoms with Crippen molar-refractivity contribution in [1.82, 2.24) is 0 Å². The van der Waals surface area contributed by atoms with Gasteiger partial charge in [-0.25, -0.2) is 0 Å².